The number of halogens is 1. The summed E-state index contributed by atoms with van der Waals surface area (Å²) in [4.78, 5) is 0. The molecule has 2 aromatic carbocycles. The van der Waals surface area contributed by atoms with Gasteiger partial charge in [-0.3, -0.25) is 0 Å². The second kappa shape index (κ2) is 7.58. The maximum Gasteiger partial charge on any atom is 0.137 e. The van der Waals surface area contributed by atoms with Crippen LogP contribution >= 0.6 is 11.6 Å². The summed E-state index contributed by atoms with van der Waals surface area (Å²) in [6.07, 6.45) is 2.45. The molecular weight excluding hydrogens is 318 g/mol. The fourth-order valence-electron chi connectivity index (χ4n) is 3.30. The van der Waals surface area contributed by atoms with Crippen LogP contribution in [0.1, 0.15) is 37.8 Å². The van der Waals surface area contributed by atoms with Crippen molar-refractivity contribution in [2.24, 2.45) is 5.92 Å². The summed E-state index contributed by atoms with van der Waals surface area (Å²) in [5.74, 6) is 1.37. The zero-order valence-electron chi connectivity index (χ0n) is 14.5. The van der Waals surface area contributed by atoms with Crippen molar-refractivity contribution in [3.05, 3.63) is 64.7 Å². The molecule has 2 nitrogen and oxygen atoms in total. The zero-order valence-corrected chi connectivity index (χ0v) is 15.3. The van der Waals surface area contributed by atoms with Gasteiger partial charge >= 0.3 is 0 Å². The second-order valence-electron chi connectivity index (χ2n) is 7.16. The Kier molecular flexibility index (Phi) is 5.47. The third-order valence-corrected chi connectivity index (χ3v) is 5.32. The van der Waals surface area contributed by atoms with Gasteiger partial charge in [-0.1, -0.05) is 61.8 Å². The average Bonchev–Trinajstić information content (AvgIpc) is 2.62. The van der Waals surface area contributed by atoms with Gasteiger partial charge in [-0.2, -0.15) is 0 Å². The molecule has 1 fully saturated rings. The van der Waals surface area contributed by atoms with Gasteiger partial charge in [0.05, 0.1) is 11.6 Å². The van der Waals surface area contributed by atoms with E-state index in [0.717, 1.165) is 25.4 Å². The molecular formula is C21H26ClNO. The Bertz CT molecular complexity index is 663. The highest BCUT2D eigenvalue weighted by molar-refractivity contribution is 6.32. The molecule has 1 aliphatic rings. The Morgan fingerprint density at radius 2 is 1.92 bits per heavy atom. The smallest absolute Gasteiger partial charge is 0.137 e. The lowest BCUT2D eigenvalue weighted by Crippen LogP contribution is -2.33. The normalized spacial score (nSPS) is 18.4. The van der Waals surface area contributed by atoms with Gasteiger partial charge in [0.1, 0.15) is 5.75 Å². The van der Waals surface area contributed by atoms with Crippen LogP contribution in [-0.2, 0) is 5.41 Å². The molecule has 2 aromatic rings. The van der Waals surface area contributed by atoms with Gasteiger partial charge in [0.15, 0.2) is 0 Å². The van der Waals surface area contributed by atoms with Crippen LogP contribution in [0.25, 0.3) is 0 Å². The Labute approximate surface area is 150 Å². The molecule has 1 saturated heterocycles. The van der Waals surface area contributed by atoms with Gasteiger partial charge < -0.3 is 10.1 Å². The molecule has 24 heavy (non-hydrogen) atoms. The van der Waals surface area contributed by atoms with Crippen molar-refractivity contribution in [2.45, 2.75) is 32.1 Å². The van der Waals surface area contributed by atoms with Crippen LogP contribution < -0.4 is 10.1 Å². The Hall–Kier alpha value is -1.51. The molecule has 0 bridgehead atoms. The number of nitrogens with one attached hydrogen (secondary N) is 1. The number of piperidine rings is 1. The number of hydrogen-bond donors (Lipinski definition) is 1. The van der Waals surface area contributed by atoms with Crippen LogP contribution in [0, 0.1) is 5.92 Å². The Balaban J connectivity index is 1.72. The van der Waals surface area contributed by atoms with E-state index in [1.807, 2.05) is 18.2 Å². The van der Waals surface area contributed by atoms with Gasteiger partial charge in [-0.05, 0) is 42.6 Å². The minimum absolute atomic E-state index is 0.0866. The van der Waals surface area contributed by atoms with E-state index in [-0.39, 0.29) is 5.41 Å². The monoisotopic (exact) mass is 343 g/mol. The maximum atomic E-state index is 6.50. The van der Waals surface area contributed by atoms with E-state index in [9.17, 15) is 0 Å². The first-order chi connectivity index (χ1) is 11.6. The lowest BCUT2D eigenvalue weighted by atomic mass is 9.78. The highest BCUT2D eigenvalue weighted by Gasteiger charge is 2.24. The van der Waals surface area contributed by atoms with E-state index in [0.29, 0.717) is 10.9 Å². The molecule has 1 atom stereocenters. The molecule has 1 heterocycles. The molecule has 128 valence electrons. The summed E-state index contributed by atoms with van der Waals surface area (Å²) < 4.78 is 5.98. The molecule has 3 heteroatoms. The van der Waals surface area contributed by atoms with Crippen molar-refractivity contribution >= 4 is 11.6 Å². The largest absolute Gasteiger partial charge is 0.492 e. The standard InChI is InChI=1S/C21H26ClNO/c1-21(2,17-8-4-3-5-9-17)18-10-11-20(19(22)13-18)24-15-16-7-6-12-23-14-16/h3-5,8-11,13,16,23H,6-7,12,14-15H2,1-2H3/t16-/m1/s1. The molecule has 3 rings (SSSR count). The van der Waals surface area contributed by atoms with Crippen molar-refractivity contribution in [1.29, 1.82) is 0 Å². The first-order valence-electron chi connectivity index (χ1n) is 8.76. The van der Waals surface area contributed by atoms with Crippen LogP contribution in [-0.4, -0.2) is 19.7 Å². The molecule has 0 amide bonds. The minimum Gasteiger partial charge on any atom is -0.492 e. The summed E-state index contributed by atoms with van der Waals surface area (Å²) in [5, 5.41) is 4.11. The zero-order chi connectivity index (χ0) is 17.0. The third-order valence-electron chi connectivity index (χ3n) is 5.02. The van der Waals surface area contributed by atoms with Gasteiger partial charge in [0.25, 0.3) is 0 Å². The van der Waals surface area contributed by atoms with E-state index in [1.54, 1.807) is 0 Å². The van der Waals surface area contributed by atoms with E-state index < -0.39 is 0 Å². The number of ether oxygens (including phenoxy) is 1. The maximum absolute atomic E-state index is 6.50. The van der Waals surface area contributed by atoms with E-state index in [1.165, 1.54) is 24.0 Å². The van der Waals surface area contributed by atoms with Crippen LogP contribution in [0.5, 0.6) is 5.75 Å². The molecule has 1 aliphatic heterocycles. The minimum atomic E-state index is -0.0866. The van der Waals surface area contributed by atoms with Gasteiger partial charge in [0, 0.05) is 17.9 Å². The fourth-order valence-corrected chi connectivity index (χ4v) is 3.54. The van der Waals surface area contributed by atoms with E-state index >= 15 is 0 Å². The van der Waals surface area contributed by atoms with Gasteiger partial charge in [-0.15, -0.1) is 0 Å². The van der Waals surface area contributed by atoms with Crippen molar-refractivity contribution in [1.82, 2.24) is 5.32 Å². The van der Waals surface area contributed by atoms with Crippen molar-refractivity contribution in [3.8, 4) is 5.75 Å². The summed E-state index contributed by atoms with van der Waals surface area (Å²) in [6.45, 7) is 7.34. The average molecular weight is 344 g/mol. The summed E-state index contributed by atoms with van der Waals surface area (Å²) in [6, 6.07) is 16.7. The molecule has 0 aromatic heterocycles. The highest BCUT2D eigenvalue weighted by atomic mass is 35.5. The van der Waals surface area contributed by atoms with E-state index in [4.69, 9.17) is 16.3 Å². The molecule has 0 aliphatic carbocycles. The summed E-state index contributed by atoms with van der Waals surface area (Å²) in [7, 11) is 0. The van der Waals surface area contributed by atoms with Crippen molar-refractivity contribution in [2.75, 3.05) is 19.7 Å². The van der Waals surface area contributed by atoms with Crippen LogP contribution in [0.15, 0.2) is 48.5 Å². The Morgan fingerprint density at radius 1 is 1.12 bits per heavy atom. The van der Waals surface area contributed by atoms with Crippen LogP contribution in [0.4, 0.5) is 0 Å². The first-order valence-corrected chi connectivity index (χ1v) is 9.14. The van der Waals surface area contributed by atoms with E-state index in [2.05, 4.69) is 49.5 Å². The first kappa shape index (κ1) is 17.3. The van der Waals surface area contributed by atoms with Gasteiger partial charge in [-0.25, -0.2) is 0 Å². The van der Waals surface area contributed by atoms with Gasteiger partial charge in [0.2, 0.25) is 0 Å². The van der Waals surface area contributed by atoms with Crippen molar-refractivity contribution < 1.29 is 4.74 Å². The summed E-state index contributed by atoms with van der Waals surface area (Å²) in [5.41, 5.74) is 2.39. The van der Waals surface area contributed by atoms with Crippen LogP contribution in [0.3, 0.4) is 0 Å². The predicted octanol–water partition coefficient (Wildman–Crippen LogP) is 5.04. The third kappa shape index (κ3) is 3.93. The number of benzene rings is 2. The quantitative estimate of drug-likeness (QED) is 0.820. The number of hydrogen-bond acceptors (Lipinski definition) is 2. The molecule has 0 unspecified atom stereocenters. The predicted molar refractivity (Wildman–Crippen MR) is 101 cm³/mol. The molecule has 1 N–H and O–H groups in total. The molecule has 0 spiro atoms. The molecule has 0 saturated carbocycles. The summed E-state index contributed by atoms with van der Waals surface area (Å²) >= 11 is 6.50. The van der Waals surface area contributed by atoms with Crippen molar-refractivity contribution in [3.63, 3.8) is 0 Å². The lowest BCUT2D eigenvalue weighted by molar-refractivity contribution is 0.218. The Morgan fingerprint density at radius 3 is 2.58 bits per heavy atom. The fraction of sp³-hybridized carbons (Fsp3) is 0.429. The van der Waals surface area contributed by atoms with Crippen LogP contribution in [0.2, 0.25) is 5.02 Å². The highest BCUT2D eigenvalue weighted by Crippen LogP contribution is 2.35. The molecule has 0 radical (unpaired) electrons. The lowest BCUT2D eigenvalue weighted by Gasteiger charge is -2.27. The number of rotatable bonds is 5. The second-order valence-corrected chi connectivity index (χ2v) is 7.57. The topological polar surface area (TPSA) is 21.3 Å². The SMILES string of the molecule is CC(C)(c1ccccc1)c1ccc(OC[C@@H]2CCCNC2)c(Cl)c1.